The summed E-state index contributed by atoms with van der Waals surface area (Å²) in [6, 6.07) is 4.64. The van der Waals surface area contributed by atoms with Gasteiger partial charge in [0.05, 0.1) is 0 Å². The summed E-state index contributed by atoms with van der Waals surface area (Å²) in [7, 11) is 0. The Kier molecular flexibility index (Phi) is 3.46. The topological polar surface area (TPSA) is 32.3 Å². The van der Waals surface area contributed by atoms with Gasteiger partial charge in [0.25, 0.3) is 0 Å². The molecule has 2 heterocycles. The number of amides is 1. The second-order valence-corrected chi connectivity index (χ2v) is 5.94. The van der Waals surface area contributed by atoms with E-state index < -0.39 is 0 Å². The lowest BCUT2D eigenvalue weighted by Gasteiger charge is -2.23. The summed E-state index contributed by atoms with van der Waals surface area (Å²) in [5.41, 5.74) is 0.892. The van der Waals surface area contributed by atoms with E-state index in [9.17, 15) is 9.18 Å². The van der Waals surface area contributed by atoms with Crippen molar-refractivity contribution in [1.29, 1.82) is 0 Å². The maximum absolute atomic E-state index is 13.3. The average molecular weight is 283 g/mol. The molecule has 2 aliphatic rings. The second kappa shape index (κ2) is 5.10. The lowest BCUT2D eigenvalue weighted by Crippen LogP contribution is -2.39. The first-order valence-electron chi connectivity index (χ1n) is 6.54. The lowest BCUT2D eigenvalue weighted by atomic mass is 9.89. The maximum Gasteiger partial charge on any atom is 0.220 e. The molecule has 0 spiro atoms. The lowest BCUT2D eigenvalue weighted by molar-refractivity contribution is -0.124. The Hall–Kier alpha value is -1.13. The van der Waals surface area contributed by atoms with Crippen LogP contribution in [0.1, 0.15) is 12.0 Å². The van der Waals surface area contributed by atoms with E-state index in [0.29, 0.717) is 29.8 Å². The Morgan fingerprint density at radius 3 is 2.89 bits per heavy atom. The number of nitrogens with zero attached hydrogens (tertiary/aromatic N) is 1. The number of carbonyl (C=O) groups excluding carboxylic acids is 1. The number of likely N-dealkylation sites (tertiary alicyclic amines) is 1. The fourth-order valence-electron chi connectivity index (χ4n) is 3.14. The zero-order chi connectivity index (χ0) is 13.4. The highest BCUT2D eigenvalue weighted by Gasteiger charge is 2.36. The van der Waals surface area contributed by atoms with E-state index in [1.54, 1.807) is 6.07 Å². The Labute approximate surface area is 116 Å². The SMILES string of the molecule is O=C1C[C@@H]2CN(Cc3cc(F)cc(Cl)c3)C[C@@H]2CN1. The van der Waals surface area contributed by atoms with Crippen LogP contribution in [0.5, 0.6) is 0 Å². The van der Waals surface area contributed by atoms with Crippen LogP contribution < -0.4 is 5.32 Å². The van der Waals surface area contributed by atoms with Crippen molar-refractivity contribution < 1.29 is 9.18 Å². The van der Waals surface area contributed by atoms with Crippen molar-refractivity contribution in [2.24, 2.45) is 11.8 Å². The minimum atomic E-state index is -0.295. The Morgan fingerprint density at radius 2 is 2.11 bits per heavy atom. The number of carbonyl (C=O) groups is 1. The number of rotatable bonds is 2. The molecule has 0 unspecified atom stereocenters. The number of fused-ring (bicyclic) bond motifs is 1. The van der Waals surface area contributed by atoms with Gasteiger partial charge in [-0.2, -0.15) is 0 Å². The molecule has 1 amide bonds. The Bertz CT molecular complexity index is 488. The van der Waals surface area contributed by atoms with Crippen molar-refractivity contribution >= 4 is 17.5 Å². The van der Waals surface area contributed by atoms with Crippen molar-refractivity contribution in [3.05, 3.63) is 34.6 Å². The molecule has 0 bridgehead atoms. The first-order valence-corrected chi connectivity index (χ1v) is 6.92. The molecule has 2 saturated heterocycles. The molecule has 1 aromatic rings. The van der Waals surface area contributed by atoms with Crippen molar-refractivity contribution in [2.45, 2.75) is 13.0 Å². The van der Waals surface area contributed by atoms with Gasteiger partial charge in [0.2, 0.25) is 5.91 Å². The predicted octanol–water partition coefficient (Wildman–Crippen LogP) is 2.05. The van der Waals surface area contributed by atoms with E-state index in [2.05, 4.69) is 10.2 Å². The summed E-state index contributed by atoms with van der Waals surface area (Å²) < 4.78 is 13.3. The van der Waals surface area contributed by atoms with E-state index in [1.807, 2.05) is 0 Å². The molecule has 102 valence electrons. The van der Waals surface area contributed by atoms with Crippen LogP contribution in [0.15, 0.2) is 18.2 Å². The molecular formula is C14H16ClFN2O. The van der Waals surface area contributed by atoms with Gasteiger partial charge < -0.3 is 5.32 Å². The van der Waals surface area contributed by atoms with Gasteiger partial charge in [-0.25, -0.2) is 4.39 Å². The van der Waals surface area contributed by atoms with Gasteiger partial charge in [0, 0.05) is 37.6 Å². The van der Waals surface area contributed by atoms with Crippen molar-refractivity contribution in [3.63, 3.8) is 0 Å². The smallest absolute Gasteiger partial charge is 0.220 e. The summed E-state index contributed by atoms with van der Waals surface area (Å²) in [5.74, 6) is 0.826. The normalized spacial score (nSPS) is 27.2. The summed E-state index contributed by atoms with van der Waals surface area (Å²) >= 11 is 5.86. The van der Waals surface area contributed by atoms with Crippen LogP contribution in [0.4, 0.5) is 4.39 Å². The molecule has 2 aliphatic heterocycles. The maximum atomic E-state index is 13.3. The average Bonchev–Trinajstić information content (AvgIpc) is 2.68. The highest BCUT2D eigenvalue weighted by atomic mass is 35.5. The van der Waals surface area contributed by atoms with E-state index in [-0.39, 0.29) is 11.7 Å². The Balaban J connectivity index is 1.66. The van der Waals surface area contributed by atoms with E-state index in [4.69, 9.17) is 11.6 Å². The minimum absolute atomic E-state index is 0.150. The second-order valence-electron chi connectivity index (χ2n) is 5.50. The summed E-state index contributed by atoms with van der Waals surface area (Å²) in [5, 5.41) is 3.34. The van der Waals surface area contributed by atoms with Gasteiger partial charge >= 0.3 is 0 Å². The molecule has 3 rings (SSSR count). The third-order valence-corrected chi connectivity index (χ3v) is 4.21. The monoisotopic (exact) mass is 282 g/mol. The van der Waals surface area contributed by atoms with Crippen LogP contribution >= 0.6 is 11.6 Å². The van der Waals surface area contributed by atoms with Crippen LogP contribution in [0, 0.1) is 17.7 Å². The molecule has 5 heteroatoms. The minimum Gasteiger partial charge on any atom is -0.356 e. The summed E-state index contributed by atoms with van der Waals surface area (Å²) in [4.78, 5) is 13.6. The van der Waals surface area contributed by atoms with E-state index in [0.717, 1.165) is 25.2 Å². The number of hydrogen-bond donors (Lipinski definition) is 1. The van der Waals surface area contributed by atoms with Gasteiger partial charge in [-0.3, -0.25) is 9.69 Å². The fourth-order valence-corrected chi connectivity index (χ4v) is 3.39. The van der Waals surface area contributed by atoms with Crippen LogP contribution in [0.2, 0.25) is 5.02 Å². The number of hydrogen-bond acceptors (Lipinski definition) is 2. The van der Waals surface area contributed by atoms with Crippen molar-refractivity contribution in [3.8, 4) is 0 Å². The largest absolute Gasteiger partial charge is 0.356 e. The molecule has 0 aromatic heterocycles. The molecule has 0 aliphatic carbocycles. The van der Waals surface area contributed by atoms with Gasteiger partial charge in [-0.05, 0) is 35.6 Å². The number of nitrogens with one attached hydrogen (secondary N) is 1. The van der Waals surface area contributed by atoms with E-state index >= 15 is 0 Å². The molecular weight excluding hydrogens is 267 g/mol. The Morgan fingerprint density at radius 1 is 1.32 bits per heavy atom. The molecule has 3 nitrogen and oxygen atoms in total. The molecule has 2 fully saturated rings. The molecule has 1 aromatic carbocycles. The zero-order valence-electron chi connectivity index (χ0n) is 10.5. The first kappa shape index (κ1) is 12.9. The first-order chi connectivity index (χ1) is 9.10. The summed E-state index contributed by atoms with van der Waals surface area (Å²) in [6.07, 6.45) is 0.616. The molecule has 1 N–H and O–H groups in total. The third-order valence-electron chi connectivity index (χ3n) is 3.99. The highest BCUT2D eigenvalue weighted by Crippen LogP contribution is 2.29. The van der Waals surface area contributed by atoms with Crippen molar-refractivity contribution in [2.75, 3.05) is 19.6 Å². The van der Waals surface area contributed by atoms with Crippen molar-refractivity contribution in [1.82, 2.24) is 10.2 Å². The number of halogens is 2. The molecule has 19 heavy (non-hydrogen) atoms. The number of piperidine rings is 1. The third kappa shape index (κ3) is 2.90. The van der Waals surface area contributed by atoms with Crippen LogP contribution in [0.25, 0.3) is 0 Å². The predicted molar refractivity (Wildman–Crippen MR) is 71.3 cm³/mol. The highest BCUT2D eigenvalue weighted by molar-refractivity contribution is 6.30. The summed E-state index contributed by atoms with van der Waals surface area (Å²) in [6.45, 7) is 3.33. The van der Waals surface area contributed by atoms with Gasteiger partial charge in [-0.1, -0.05) is 11.6 Å². The zero-order valence-corrected chi connectivity index (χ0v) is 11.3. The van der Waals surface area contributed by atoms with Gasteiger partial charge in [0.15, 0.2) is 0 Å². The molecule has 0 radical (unpaired) electrons. The van der Waals surface area contributed by atoms with E-state index in [1.165, 1.54) is 12.1 Å². The van der Waals surface area contributed by atoms with Gasteiger partial charge in [-0.15, -0.1) is 0 Å². The number of benzene rings is 1. The molecule has 0 saturated carbocycles. The standard InChI is InChI=1S/C14H16ClFN2O/c15-12-1-9(2-13(16)4-12)6-18-7-10-3-14(19)17-5-11(10)8-18/h1-2,4,10-11H,3,5-8H2,(H,17,19)/t10-,11+/m1/s1. The van der Waals surface area contributed by atoms with Crippen LogP contribution in [-0.4, -0.2) is 30.4 Å². The van der Waals surface area contributed by atoms with Crippen LogP contribution in [-0.2, 0) is 11.3 Å². The fraction of sp³-hybridized carbons (Fsp3) is 0.500. The quantitative estimate of drug-likeness (QED) is 0.900. The van der Waals surface area contributed by atoms with Crippen LogP contribution in [0.3, 0.4) is 0 Å². The van der Waals surface area contributed by atoms with Gasteiger partial charge in [0.1, 0.15) is 5.82 Å². The molecule has 2 atom stereocenters.